The molecule has 2 rings (SSSR count). The van der Waals surface area contributed by atoms with Crippen LogP contribution in [0.2, 0.25) is 0 Å². The molecule has 2 aromatic carbocycles. The van der Waals surface area contributed by atoms with Gasteiger partial charge in [-0.25, -0.2) is 0 Å². The molecule has 0 aliphatic rings. The largest absolute Gasteiger partial charge is 0.417 e. The molecule has 0 heterocycles. The molecule has 0 aliphatic heterocycles. The van der Waals surface area contributed by atoms with Crippen LogP contribution in [0.1, 0.15) is 21.5 Å². The van der Waals surface area contributed by atoms with Gasteiger partial charge in [0.2, 0.25) is 0 Å². The summed E-state index contributed by atoms with van der Waals surface area (Å²) in [4.78, 5) is 12.9. The van der Waals surface area contributed by atoms with Crippen molar-refractivity contribution >= 4 is 17.5 Å². The lowest BCUT2D eigenvalue weighted by Gasteiger charge is -2.11. The number of hydrogen-bond acceptors (Lipinski definition) is 2. The number of benzene rings is 2. The standard InChI is InChI=1S/C16H13F3OS/c1-11-6-8-12(9-7-11)21-10-15(20)13-4-2-3-5-14(13)16(17,18)19/h2-9H,10H2,1H3. The molecule has 5 heteroatoms. The normalized spacial score (nSPS) is 11.4. The van der Waals surface area contributed by atoms with Gasteiger partial charge in [0.05, 0.1) is 11.3 Å². The molecule has 0 N–H and O–H groups in total. The van der Waals surface area contributed by atoms with Crippen LogP contribution < -0.4 is 0 Å². The Labute approximate surface area is 125 Å². The van der Waals surface area contributed by atoms with E-state index in [1.54, 1.807) is 0 Å². The summed E-state index contributed by atoms with van der Waals surface area (Å²) in [5.41, 5.74) is -0.0581. The highest BCUT2D eigenvalue weighted by Gasteiger charge is 2.34. The Kier molecular flexibility index (Phi) is 4.73. The van der Waals surface area contributed by atoms with Crippen molar-refractivity contribution in [2.75, 3.05) is 5.75 Å². The Balaban J connectivity index is 2.12. The van der Waals surface area contributed by atoms with Gasteiger partial charge in [-0.3, -0.25) is 4.79 Å². The lowest BCUT2D eigenvalue weighted by atomic mass is 10.0. The van der Waals surface area contributed by atoms with E-state index in [1.807, 2.05) is 31.2 Å². The van der Waals surface area contributed by atoms with Crippen LogP contribution in [0, 0.1) is 6.92 Å². The van der Waals surface area contributed by atoms with Crippen LogP contribution in [-0.2, 0) is 6.18 Å². The van der Waals surface area contributed by atoms with E-state index < -0.39 is 17.5 Å². The third-order valence-electron chi connectivity index (χ3n) is 2.92. The predicted octanol–water partition coefficient (Wildman–Crippen LogP) is 4.99. The summed E-state index contributed by atoms with van der Waals surface area (Å²) in [5, 5.41) is 0. The second-order valence-electron chi connectivity index (χ2n) is 4.57. The first-order valence-electron chi connectivity index (χ1n) is 6.27. The molecule has 0 spiro atoms. The van der Waals surface area contributed by atoms with Crippen LogP contribution in [0.25, 0.3) is 0 Å². The third kappa shape index (κ3) is 4.11. The quantitative estimate of drug-likeness (QED) is 0.584. The van der Waals surface area contributed by atoms with Crippen molar-refractivity contribution in [2.24, 2.45) is 0 Å². The molecule has 1 nitrogen and oxygen atoms in total. The van der Waals surface area contributed by atoms with Gasteiger partial charge in [0.15, 0.2) is 5.78 Å². The summed E-state index contributed by atoms with van der Waals surface area (Å²) in [7, 11) is 0. The number of alkyl halides is 3. The molecule has 0 amide bonds. The van der Waals surface area contributed by atoms with Gasteiger partial charge in [-0.15, -0.1) is 11.8 Å². The van der Waals surface area contributed by atoms with Gasteiger partial charge in [-0.05, 0) is 25.1 Å². The van der Waals surface area contributed by atoms with Crippen molar-refractivity contribution in [1.82, 2.24) is 0 Å². The number of rotatable bonds is 4. The molecule has 0 atom stereocenters. The van der Waals surface area contributed by atoms with Crippen LogP contribution in [0.5, 0.6) is 0 Å². The van der Waals surface area contributed by atoms with E-state index in [9.17, 15) is 18.0 Å². The van der Waals surface area contributed by atoms with Crippen molar-refractivity contribution in [3.8, 4) is 0 Å². The van der Waals surface area contributed by atoms with E-state index in [4.69, 9.17) is 0 Å². The van der Waals surface area contributed by atoms with Gasteiger partial charge in [0.1, 0.15) is 0 Å². The monoisotopic (exact) mass is 310 g/mol. The molecule has 0 fully saturated rings. The molecule has 110 valence electrons. The summed E-state index contributed by atoms with van der Waals surface area (Å²) < 4.78 is 38.6. The fourth-order valence-electron chi connectivity index (χ4n) is 1.83. The zero-order valence-corrected chi connectivity index (χ0v) is 12.1. The lowest BCUT2D eigenvalue weighted by Crippen LogP contribution is -2.14. The van der Waals surface area contributed by atoms with Gasteiger partial charge in [-0.1, -0.05) is 35.9 Å². The minimum Gasteiger partial charge on any atom is -0.293 e. The van der Waals surface area contributed by atoms with E-state index in [2.05, 4.69) is 0 Å². The second-order valence-corrected chi connectivity index (χ2v) is 5.62. The number of carbonyl (C=O) groups is 1. The minimum absolute atomic E-state index is 0.0177. The smallest absolute Gasteiger partial charge is 0.293 e. The molecule has 0 bridgehead atoms. The minimum atomic E-state index is -4.51. The second kappa shape index (κ2) is 6.35. The number of carbonyl (C=O) groups excluding carboxylic acids is 1. The summed E-state index contributed by atoms with van der Waals surface area (Å²) in [6.07, 6.45) is -4.51. The van der Waals surface area contributed by atoms with Crippen LogP contribution >= 0.6 is 11.8 Å². The van der Waals surface area contributed by atoms with Crippen LogP contribution in [0.3, 0.4) is 0 Å². The van der Waals surface area contributed by atoms with Gasteiger partial charge in [0, 0.05) is 10.5 Å². The molecule has 2 aromatic rings. The zero-order valence-electron chi connectivity index (χ0n) is 11.3. The number of hydrogen-bond donors (Lipinski definition) is 0. The molecule has 0 unspecified atom stereocenters. The van der Waals surface area contributed by atoms with Crippen molar-refractivity contribution < 1.29 is 18.0 Å². The Bertz CT molecular complexity index is 633. The van der Waals surface area contributed by atoms with Gasteiger partial charge in [0.25, 0.3) is 0 Å². The maximum atomic E-state index is 12.9. The average molecular weight is 310 g/mol. The first kappa shape index (κ1) is 15.6. The van der Waals surface area contributed by atoms with Crippen molar-refractivity contribution in [1.29, 1.82) is 0 Å². The van der Waals surface area contributed by atoms with E-state index in [0.29, 0.717) is 0 Å². The van der Waals surface area contributed by atoms with Crippen LogP contribution in [-0.4, -0.2) is 11.5 Å². The molecule has 0 saturated heterocycles. The number of halogens is 3. The van der Waals surface area contributed by atoms with Crippen LogP contribution in [0.4, 0.5) is 13.2 Å². The first-order chi connectivity index (χ1) is 9.88. The molecule has 0 aliphatic carbocycles. The Morgan fingerprint density at radius 3 is 2.29 bits per heavy atom. The van der Waals surface area contributed by atoms with Crippen molar-refractivity contribution in [3.63, 3.8) is 0 Å². The SMILES string of the molecule is Cc1ccc(SCC(=O)c2ccccc2C(F)(F)F)cc1. The first-order valence-corrected chi connectivity index (χ1v) is 7.25. The molecule has 0 saturated carbocycles. The molecular formula is C16H13F3OS. The maximum Gasteiger partial charge on any atom is 0.417 e. The lowest BCUT2D eigenvalue weighted by molar-refractivity contribution is -0.137. The number of aryl methyl sites for hydroxylation is 1. The van der Waals surface area contributed by atoms with Gasteiger partial charge in [-0.2, -0.15) is 13.2 Å². The molecule has 0 aromatic heterocycles. The number of thioether (sulfide) groups is 1. The number of Topliss-reactive ketones (excluding diaryl/α,β-unsaturated/α-hetero) is 1. The summed E-state index contributed by atoms with van der Waals surface area (Å²) in [6.45, 7) is 1.94. The molecule has 0 radical (unpaired) electrons. The molecular weight excluding hydrogens is 297 g/mol. The topological polar surface area (TPSA) is 17.1 Å². The van der Waals surface area contributed by atoms with Gasteiger partial charge >= 0.3 is 6.18 Å². The maximum absolute atomic E-state index is 12.9. The summed E-state index contributed by atoms with van der Waals surface area (Å²) in [5.74, 6) is -0.538. The Morgan fingerprint density at radius 1 is 1.05 bits per heavy atom. The highest BCUT2D eigenvalue weighted by Crippen LogP contribution is 2.32. The van der Waals surface area contributed by atoms with Gasteiger partial charge < -0.3 is 0 Å². The average Bonchev–Trinajstić information content (AvgIpc) is 2.45. The van der Waals surface area contributed by atoms with Crippen molar-refractivity contribution in [3.05, 3.63) is 65.2 Å². The van der Waals surface area contributed by atoms with E-state index in [0.717, 1.165) is 16.5 Å². The Morgan fingerprint density at radius 2 is 1.67 bits per heavy atom. The van der Waals surface area contributed by atoms with E-state index in [1.165, 1.54) is 30.0 Å². The fourth-order valence-corrected chi connectivity index (χ4v) is 2.62. The predicted molar refractivity (Wildman–Crippen MR) is 77.7 cm³/mol. The van der Waals surface area contributed by atoms with E-state index >= 15 is 0 Å². The Hall–Kier alpha value is -1.75. The van der Waals surface area contributed by atoms with Crippen molar-refractivity contribution in [2.45, 2.75) is 18.0 Å². The summed E-state index contributed by atoms with van der Waals surface area (Å²) in [6, 6.07) is 12.4. The fraction of sp³-hybridized carbons (Fsp3) is 0.188. The van der Waals surface area contributed by atoms with Crippen LogP contribution in [0.15, 0.2) is 53.4 Å². The zero-order chi connectivity index (χ0) is 15.5. The summed E-state index contributed by atoms with van der Waals surface area (Å²) >= 11 is 1.23. The number of ketones is 1. The highest BCUT2D eigenvalue weighted by atomic mass is 32.2. The highest BCUT2D eigenvalue weighted by molar-refractivity contribution is 8.00. The molecule has 21 heavy (non-hydrogen) atoms. The van der Waals surface area contributed by atoms with E-state index in [-0.39, 0.29) is 11.3 Å². The third-order valence-corrected chi connectivity index (χ3v) is 3.94.